The lowest BCUT2D eigenvalue weighted by Gasteiger charge is -2.23. The summed E-state index contributed by atoms with van der Waals surface area (Å²) in [6.45, 7) is 1.73. The summed E-state index contributed by atoms with van der Waals surface area (Å²) < 4.78 is 0. The van der Waals surface area contributed by atoms with Crippen LogP contribution in [0.25, 0.3) is 0 Å². The van der Waals surface area contributed by atoms with E-state index in [2.05, 4.69) is 33.9 Å². The number of hydrogen-bond donors (Lipinski definition) is 0. The van der Waals surface area contributed by atoms with Crippen molar-refractivity contribution < 1.29 is 4.79 Å². The number of aromatic nitrogens is 1. The van der Waals surface area contributed by atoms with E-state index < -0.39 is 0 Å². The Morgan fingerprint density at radius 3 is 2.64 bits per heavy atom. The molecule has 4 nitrogen and oxygen atoms in total. The van der Waals surface area contributed by atoms with Gasteiger partial charge in [-0.2, -0.15) is 11.3 Å². The molecule has 6 heteroatoms. The zero-order chi connectivity index (χ0) is 19.3. The Morgan fingerprint density at radius 1 is 1.07 bits per heavy atom. The van der Waals surface area contributed by atoms with Gasteiger partial charge in [-0.15, -0.1) is 11.3 Å². The topological polar surface area (TPSA) is 36.4 Å². The lowest BCUT2D eigenvalue weighted by atomic mass is 10.0. The normalized spacial score (nSPS) is 13.5. The second kappa shape index (κ2) is 8.99. The van der Waals surface area contributed by atoms with Gasteiger partial charge in [0.15, 0.2) is 5.13 Å². The summed E-state index contributed by atoms with van der Waals surface area (Å²) in [6.07, 6.45) is 4.56. The monoisotopic (exact) mass is 411 g/mol. The van der Waals surface area contributed by atoms with Gasteiger partial charge < -0.3 is 0 Å². The van der Waals surface area contributed by atoms with E-state index in [1.807, 2.05) is 30.1 Å². The summed E-state index contributed by atoms with van der Waals surface area (Å²) in [4.78, 5) is 23.4. The van der Waals surface area contributed by atoms with E-state index in [9.17, 15) is 4.79 Å². The van der Waals surface area contributed by atoms with Crippen LogP contribution >= 0.6 is 22.7 Å². The Balaban J connectivity index is 1.53. The minimum absolute atomic E-state index is 0.104. The van der Waals surface area contributed by atoms with E-state index in [1.54, 1.807) is 22.7 Å². The van der Waals surface area contributed by atoms with Crippen molar-refractivity contribution in [2.24, 2.45) is 0 Å². The first kappa shape index (κ1) is 19.3. The van der Waals surface area contributed by atoms with Crippen LogP contribution in [0, 0.1) is 0 Å². The summed E-state index contributed by atoms with van der Waals surface area (Å²) in [6, 6.07) is 12.3. The quantitative estimate of drug-likeness (QED) is 0.563. The van der Waals surface area contributed by atoms with Crippen molar-refractivity contribution in [2.45, 2.75) is 38.8 Å². The average molecular weight is 412 g/mol. The molecule has 3 aromatic rings. The fourth-order valence-electron chi connectivity index (χ4n) is 3.55. The number of fused-ring (bicyclic) bond motifs is 1. The van der Waals surface area contributed by atoms with E-state index in [4.69, 9.17) is 4.98 Å². The molecule has 1 aromatic carbocycles. The molecule has 0 saturated carbocycles. The maximum atomic E-state index is 13.3. The number of thiazole rings is 1. The van der Waals surface area contributed by atoms with Gasteiger partial charge in [0.05, 0.1) is 18.8 Å². The Kier molecular flexibility index (Phi) is 6.20. The number of carbonyl (C=O) groups is 1. The first-order valence-electron chi connectivity index (χ1n) is 9.71. The van der Waals surface area contributed by atoms with Crippen molar-refractivity contribution in [3.8, 4) is 0 Å². The highest BCUT2D eigenvalue weighted by atomic mass is 32.1. The molecular weight excluding hydrogens is 386 g/mol. The first-order valence-corrected chi connectivity index (χ1v) is 11.5. The van der Waals surface area contributed by atoms with Gasteiger partial charge in [0.1, 0.15) is 0 Å². The van der Waals surface area contributed by atoms with E-state index in [1.165, 1.54) is 29.0 Å². The summed E-state index contributed by atoms with van der Waals surface area (Å²) in [5.74, 6) is 0.104. The number of benzene rings is 1. The van der Waals surface area contributed by atoms with Gasteiger partial charge in [-0.3, -0.25) is 14.6 Å². The Morgan fingerprint density at radius 2 is 1.89 bits per heavy atom. The van der Waals surface area contributed by atoms with E-state index >= 15 is 0 Å². The highest BCUT2D eigenvalue weighted by molar-refractivity contribution is 7.16. The molecule has 1 amide bonds. The maximum absolute atomic E-state index is 13.3. The van der Waals surface area contributed by atoms with Crippen molar-refractivity contribution in [3.63, 3.8) is 0 Å². The zero-order valence-corrected chi connectivity index (χ0v) is 17.8. The predicted molar refractivity (Wildman–Crippen MR) is 117 cm³/mol. The van der Waals surface area contributed by atoms with Crippen LogP contribution in [-0.4, -0.2) is 29.4 Å². The van der Waals surface area contributed by atoms with Gasteiger partial charge in [0, 0.05) is 11.4 Å². The molecule has 0 fully saturated rings. The molecule has 1 aliphatic rings. The highest BCUT2D eigenvalue weighted by Crippen LogP contribution is 2.32. The van der Waals surface area contributed by atoms with E-state index in [-0.39, 0.29) is 5.91 Å². The van der Waals surface area contributed by atoms with Crippen molar-refractivity contribution in [2.75, 3.05) is 18.5 Å². The summed E-state index contributed by atoms with van der Waals surface area (Å²) in [5, 5.41) is 5.06. The van der Waals surface area contributed by atoms with E-state index in [0.29, 0.717) is 13.1 Å². The van der Waals surface area contributed by atoms with Gasteiger partial charge in [0.25, 0.3) is 0 Å². The molecule has 0 saturated heterocycles. The molecule has 1 aliphatic carbocycles. The second-order valence-corrected chi connectivity index (χ2v) is 9.18. The Hall–Kier alpha value is -2.02. The number of anilines is 1. The van der Waals surface area contributed by atoms with Gasteiger partial charge in [0.2, 0.25) is 5.91 Å². The van der Waals surface area contributed by atoms with Gasteiger partial charge in [-0.25, -0.2) is 4.98 Å². The number of hydrogen-bond acceptors (Lipinski definition) is 5. The van der Waals surface area contributed by atoms with Crippen molar-refractivity contribution >= 4 is 33.7 Å². The fourth-order valence-corrected chi connectivity index (χ4v) is 5.37. The van der Waals surface area contributed by atoms with Crippen LogP contribution in [0.4, 0.5) is 5.13 Å². The Bertz CT molecular complexity index is 882. The molecule has 2 aromatic heterocycles. The molecule has 0 spiro atoms. The van der Waals surface area contributed by atoms with Crippen molar-refractivity contribution in [3.05, 3.63) is 68.9 Å². The Labute approximate surface area is 174 Å². The van der Waals surface area contributed by atoms with Crippen LogP contribution in [0.1, 0.15) is 34.5 Å². The molecule has 0 unspecified atom stereocenters. The maximum Gasteiger partial charge on any atom is 0.243 e. The van der Waals surface area contributed by atoms with Crippen LogP contribution in [0.5, 0.6) is 0 Å². The van der Waals surface area contributed by atoms with Gasteiger partial charge >= 0.3 is 0 Å². The summed E-state index contributed by atoms with van der Waals surface area (Å²) in [5.41, 5.74) is 3.58. The van der Waals surface area contributed by atoms with Crippen LogP contribution in [-0.2, 0) is 30.7 Å². The SMILES string of the molecule is CN(CC(=O)N(Cc1ccccc1)c1nc2c(s1)CCCC2)Cc1ccsc1. The zero-order valence-electron chi connectivity index (χ0n) is 16.1. The standard InChI is InChI=1S/C22H25N3OS2/c1-24(13-18-11-12-27-16-18)15-21(26)25(14-17-7-3-2-4-8-17)22-23-19-9-5-6-10-20(19)28-22/h2-4,7-8,11-12,16H,5-6,9-10,13-15H2,1H3. The third-order valence-electron chi connectivity index (χ3n) is 4.99. The number of rotatable bonds is 7. The molecule has 0 bridgehead atoms. The van der Waals surface area contributed by atoms with Crippen LogP contribution < -0.4 is 4.90 Å². The number of nitrogens with zero attached hydrogens (tertiary/aromatic N) is 3. The van der Waals surface area contributed by atoms with E-state index in [0.717, 1.165) is 30.1 Å². The molecule has 28 heavy (non-hydrogen) atoms. The second-order valence-electron chi connectivity index (χ2n) is 7.34. The lowest BCUT2D eigenvalue weighted by molar-refractivity contribution is -0.119. The third kappa shape index (κ3) is 4.69. The molecular formula is C22H25N3OS2. The number of likely N-dealkylation sites (N-methyl/N-ethyl adjacent to an activating group) is 1. The average Bonchev–Trinajstić information content (AvgIpc) is 3.36. The minimum Gasteiger partial charge on any atom is -0.293 e. The molecule has 0 atom stereocenters. The number of carbonyl (C=O) groups excluding carboxylic acids is 1. The summed E-state index contributed by atoms with van der Waals surface area (Å²) >= 11 is 3.39. The van der Waals surface area contributed by atoms with Gasteiger partial charge in [-0.05, 0) is 60.7 Å². The first-order chi connectivity index (χ1) is 13.7. The van der Waals surface area contributed by atoms with Crippen LogP contribution in [0.3, 0.4) is 0 Å². The predicted octanol–water partition coefficient (Wildman–Crippen LogP) is 4.75. The molecule has 146 valence electrons. The lowest BCUT2D eigenvalue weighted by Crippen LogP contribution is -2.38. The largest absolute Gasteiger partial charge is 0.293 e. The number of amides is 1. The number of thiophene rings is 1. The molecule has 4 rings (SSSR count). The minimum atomic E-state index is 0.104. The number of aryl methyl sites for hydroxylation is 2. The van der Waals surface area contributed by atoms with Crippen LogP contribution in [0.2, 0.25) is 0 Å². The van der Waals surface area contributed by atoms with Crippen LogP contribution in [0.15, 0.2) is 47.2 Å². The molecule has 2 heterocycles. The third-order valence-corrected chi connectivity index (χ3v) is 6.90. The molecule has 0 N–H and O–H groups in total. The summed E-state index contributed by atoms with van der Waals surface area (Å²) in [7, 11) is 2.00. The fraction of sp³-hybridized carbons (Fsp3) is 0.364. The smallest absolute Gasteiger partial charge is 0.243 e. The van der Waals surface area contributed by atoms with Crippen molar-refractivity contribution in [1.29, 1.82) is 0 Å². The molecule has 0 aliphatic heterocycles. The molecule has 0 radical (unpaired) electrons. The van der Waals surface area contributed by atoms with Gasteiger partial charge in [-0.1, -0.05) is 30.3 Å². The highest BCUT2D eigenvalue weighted by Gasteiger charge is 2.24. The van der Waals surface area contributed by atoms with Crippen molar-refractivity contribution in [1.82, 2.24) is 9.88 Å².